The van der Waals surface area contributed by atoms with Gasteiger partial charge in [-0.25, -0.2) is 14.4 Å². The Morgan fingerprint density at radius 3 is 2.68 bits per heavy atom. The number of ether oxygens (including phenoxy) is 1. The fourth-order valence-corrected chi connectivity index (χ4v) is 2.87. The van der Waals surface area contributed by atoms with Crippen molar-refractivity contribution in [2.75, 3.05) is 12.4 Å². The monoisotopic (exact) mass is 333 g/mol. The number of halogens is 1. The highest BCUT2D eigenvalue weighted by Crippen LogP contribution is 2.23. The van der Waals surface area contributed by atoms with Crippen LogP contribution in [0.15, 0.2) is 60.9 Å². The van der Waals surface area contributed by atoms with Gasteiger partial charge in [0.15, 0.2) is 0 Å². The lowest BCUT2D eigenvalue weighted by Gasteiger charge is -2.09. The van der Waals surface area contributed by atoms with Crippen LogP contribution in [0.2, 0.25) is 0 Å². The van der Waals surface area contributed by atoms with Crippen LogP contribution in [0.5, 0.6) is 5.75 Å². The van der Waals surface area contributed by atoms with Crippen molar-refractivity contribution < 1.29 is 9.13 Å². The molecule has 0 radical (unpaired) electrons. The zero-order valence-corrected chi connectivity index (χ0v) is 13.7. The molecule has 1 aromatic heterocycles. The second kappa shape index (κ2) is 6.36. The Bertz CT molecular complexity index is 1070. The van der Waals surface area contributed by atoms with Gasteiger partial charge in [0.05, 0.1) is 12.6 Å². The minimum Gasteiger partial charge on any atom is -0.497 e. The number of hydrogen-bond donors (Lipinski definition) is 1. The highest BCUT2D eigenvalue weighted by Gasteiger charge is 2.05. The number of nitrogens with zero attached hydrogens (tertiary/aromatic N) is 2. The van der Waals surface area contributed by atoms with Crippen molar-refractivity contribution in [1.29, 1.82) is 0 Å². The van der Waals surface area contributed by atoms with Gasteiger partial charge < -0.3 is 10.1 Å². The molecular weight excluding hydrogens is 317 g/mol. The number of benzene rings is 3. The highest BCUT2D eigenvalue weighted by molar-refractivity contribution is 5.89. The van der Waals surface area contributed by atoms with Gasteiger partial charge in [0, 0.05) is 18.0 Å². The average Bonchev–Trinajstić information content (AvgIpc) is 2.65. The van der Waals surface area contributed by atoms with E-state index >= 15 is 0 Å². The SMILES string of the molecule is COc1ccc2cc(CNc3ncnc4cc(F)ccc34)ccc2c1. The molecule has 4 aromatic rings. The molecule has 0 saturated carbocycles. The number of rotatable bonds is 4. The van der Waals surface area contributed by atoms with Crippen LogP contribution < -0.4 is 10.1 Å². The van der Waals surface area contributed by atoms with Crippen LogP contribution in [-0.4, -0.2) is 17.1 Å². The number of anilines is 1. The topological polar surface area (TPSA) is 47.0 Å². The second-order valence-electron chi connectivity index (χ2n) is 5.78. The Kier molecular flexibility index (Phi) is 3.90. The largest absolute Gasteiger partial charge is 0.497 e. The van der Waals surface area contributed by atoms with Gasteiger partial charge in [0.1, 0.15) is 23.7 Å². The van der Waals surface area contributed by atoms with E-state index in [2.05, 4.69) is 33.5 Å². The zero-order valence-electron chi connectivity index (χ0n) is 13.7. The predicted molar refractivity (Wildman–Crippen MR) is 97.3 cm³/mol. The fraction of sp³-hybridized carbons (Fsp3) is 0.100. The van der Waals surface area contributed by atoms with E-state index in [0.717, 1.165) is 27.5 Å². The molecule has 0 amide bonds. The number of hydrogen-bond acceptors (Lipinski definition) is 4. The molecule has 1 N–H and O–H groups in total. The van der Waals surface area contributed by atoms with Crippen molar-refractivity contribution in [3.63, 3.8) is 0 Å². The van der Waals surface area contributed by atoms with Crippen LogP contribution in [0.1, 0.15) is 5.56 Å². The summed E-state index contributed by atoms with van der Waals surface area (Å²) in [6.07, 6.45) is 1.44. The lowest BCUT2D eigenvalue weighted by atomic mass is 10.1. The van der Waals surface area contributed by atoms with Gasteiger partial charge in [-0.2, -0.15) is 0 Å². The summed E-state index contributed by atoms with van der Waals surface area (Å²) in [7, 11) is 1.66. The maximum atomic E-state index is 13.3. The van der Waals surface area contributed by atoms with E-state index in [0.29, 0.717) is 17.9 Å². The molecule has 0 aliphatic heterocycles. The molecule has 1 heterocycles. The van der Waals surface area contributed by atoms with Gasteiger partial charge >= 0.3 is 0 Å². The van der Waals surface area contributed by atoms with Crippen molar-refractivity contribution in [1.82, 2.24) is 9.97 Å². The zero-order chi connectivity index (χ0) is 17.2. The Hall–Kier alpha value is -3.21. The van der Waals surface area contributed by atoms with Crippen LogP contribution in [0, 0.1) is 5.82 Å². The summed E-state index contributed by atoms with van der Waals surface area (Å²) < 4.78 is 18.6. The van der Waals surface area contributed by atoms with Crippen molar-refractivity contribution in [3.8, 4) is 5.75 Å². The van der Waals surface area contributed by atoms with Crippen molar-refractivity contribution in [3.05, 3.63) is 72.3 Å². The number of nitrogens with one attached hydrogen (secondary N) is 1. The number of aromatic nitrogens is 2. The lowest BCUT2D eigenvalue weighted by molar-refractivity contribution is 0.415. The van der Waals surface area contributed by atoms with Crippen molar-refractivity contribution in [2.45, 2.75) is 6.54 Å². The quantitative estimate of drug-likeness (QED) is 0.595. The first-order valence-electron chi connectivity index (χ1n) is 7.94. The van der Waals surface area contributed by atoms with E-state index in [9.17, 15) is 4.39 Å². The van der Waals surface area contributed by atoms with E-state index in [4.69, 9.17) is 4.74 Å². The smallest absolute Gasteiger partial charge is 0.137 e. The Balaban J connectivity index is 1.60. The van der Waals surface area contributed by atoms with E-state index in [1.54, 1.807) is 13.2 Å². The summed E-state index contributed by atoms with van der Waals surface area (Å²) in [5.74, 6) is 1.24. The van der Waals surface area contributed by atoms with Gasteiger partial charge in [0.2, 0.25) is 0 Å². The van der Waals surface area contributed by atoms with Crippen LogP contribution in [0.4, 0.5) is 10.2 Å². The van der Waals surface area contributed by atoms with E-state index in [1.807, 2.05) is 18.2 Å². The molecule has 0 fully saturated rings. The van der Waals surface area contributed by atoms with Crippen molar-refractivity contribution in [2.24, 2.45) is 0 Å². The normalized spacial score (nSPS) is 11.0. The van der Waals surface area contributed by atoms with Crippen LogP contribution in [-0.2, 0) is 6.54 Å². The van der Waals surface area contributed by atoms with Crippen LogP contribution >= 0.6 is 0 Å². The summed E-state index contributed by atoms with van der Waals surface area (Å²) in [5.41, 5.74) is 1.72. The third-order valence-corrected chi connectivity index (χ3v) is 4.17. The predicted octanol–water partition coefficient (Wildman–Crippen LogP) is 4.54. The Morgan fingerprint density at radius 2 is 1.80 bits per heavy atom. The van der Waals surface area contributed by atoms with Crippen LogP contribution in [0.25, 0.3) is 21.7 Å². The van der Waals surface area contributed by atoms with Gasteiger partial charge in [-0.05, 0) is 46.7 Å². The standard InChI is InChI=1S/C20H16FN3O/c1-25-17-6-4-14-8-13(2-3-15(14)9-17)11-22-20-18-7-5-16(21)10-19(18)23-12-24-20/h2-10,12H,11H2,1H3,(H,22,23,24). The minimum absolute atomic E-state index is 0.304. The van der Waals surface area contributed by atoms with E-state index in [1.165, 1.54) is 18.5 Å². The molecule has 3 aromatic carbocycles. The van der Waals surface area contributed by atoms with Gasteiger partial charge in [-0.15, -0.1) is 0 Å². The molecule has 0 saturated heterocycles. The minimum atomic E-state index is -0.304. The third kappa shape index (κ3) is 3.08. The number of fused-ring (bicyclic) bond motifs is 2. The van der Waals surface area contributed by atoms with Crippen LogP contribution in [0.3, 0.4) is 0 Å². The molecule has 25 heavy (non-hydrogen) atoms. The van der Waals surface area contributed by atoms with Crippen molar-refractivity contribution >= 4 is 27.5 Å². The molecular formula is C20H16FN3O. The third-order valence-electron chi connectivity index (χ3n) is 4.17. The first-order valence-corrected chi connectivity index (χ1v) is 7.94. The summed E-state index contributed by atoms with van der Waals surface area (Å²) in [6.45, 7) is 0.617. The summed E-state index contributed by atoms with van der Waals surface area (Å²) in [4.78, 5) is 8.39. The average molecular weight is 333 g/mol. The summed E-state index contributed by atoms with van der Waals surface area (Å²) >= 11 is 0. The maximum Gasteiger partial charge on any atom is 0.137 e. The lowest BCUT2D eigenvalue weighted by Crippen LogP contribution is -2.02. The molecule has 4 rings (SSSR count). The maximum absolute atomic E-state index is 13.3. The Morgan fingerprint density at radius 1 is 0.960 bits per heavy atom. The highest BCUT2D eigenvalue weighted by atomic mass is 19.1. The molecule has 124 valence electrons. The molecule has 0 unspecified atom stereocenters. The number of methoxy groups -OCH3 is 1. The first kappa shape index (κ1) is 15.3. The molecule has 5 heteroatoms. The van der Waals surface area contributed by atoms with Gasteiger partial charge in [-0.1, -0.05) is 18.2 Å². The molecule has 0 spiro atoms. The molecule has 0 aliphatic rings. The van der Waals surface area contributed by atoms with Gasteiger partial charge in [-0.3, -0.25) is 0 Å². The summed E-state index contributed by atoms with van der Waals surface area (Å²) in [5, 5.41) is 6.39. The second-order valence-corrected chi connectivity index (χ2v) is 5.78. The fourth-order valence-electron chi connectivity index (χ4n) is 2.87. The van der Waals surface area contributed by atoms with E-state index < -0.39 is 0 Å². The molecule has 0 aliphatic carbocycles. The summed E-state index contributed by atoms with van der Waals surface area (Å²) in [6, 6.07) is 16.8. The first-order chi connectivity index (χ1) is 12.2. The molecule has 4 nitrogen and oxygen atoms in total. The molecule has 0 bridgehead atoms. The van der Waals surface area contributed by atoms with E-state index in [-0.39, 0.29) is 5.82 Å². The van der Waals surface area contributed by atoms with Gasteiger partial charge in [0.25, 0.3) is 0 Å². The Labute approximate surface area is 144 Å². The molecule has 0 atom stereocenters.